The lowest BCUT2D eigenvalue weighted by Gasteiger charge is -2.05. The first-order valence-electron chi connectivity index (χ1n) is 3.37. The SMILES string of the molecule is Bc1csc(CN(C)C)c1. The summed E-state index contributed by atoms with van der Waals surface area (Å²) in [5, 5.41) is 2.19. The van der Waals surface area contributed by atoms with Gasteiger partial charge in [-0.05, 0) is 19.5 Å². The molecule has 0 radical (unpaired) electrons. The molecule has 0 fully saturated rings. The van der Waals surface area contributed by atoms with Gasteiger partial charge in [0.15, 0.2) is 0 Å². The first-order valence-corrected chi connectivity index (χ1v) is 4.25. The van der Waals surface area contributed by atoms with Gasteiger partial charge in [-0.2, -0.15) is 0 Å². The molecule has 1 nitrogen and oxygen atoms in total. The van der Waals surface area contributed by atoms with E-state index in [-0.39, 0.29) is 0 Å². The molecular formula is C7H12BNS. The molecule has 0 saturated carbocycles. The van der Waals surface area contributed by atoms with Crippen molar-refractivity contribution in [2.75, 3.05) is 14.1 Å². The van der Waals surface area contributed by atoms with Crippen molar-refractivity contribution in [3.05, 3.63) is 16.3 Å². The summed E-state index contributed by atoms with van der Waals surface area (Å²) in [6, 6.07) is 2.24. The second kappa shape index (κ2) is 3.22. The van der Waals surface area contributed by atoms with Crippen molar-refractivity contribution in [3.63, 3.8) is 0 Å². The van der Waals surface area contributed by atoms with Gasteiger partial charge in [0.1, 0.15) is 7.85 Å². The van der Waals surface area contributed by atoms with Gasteiger partial charge < -0.3 is 4.90 Å². The Morgan fingerprint density at radius 3 is 2.70 bits per heavy atom. The van der Waals surface area contributed by atoms with E-state index in [1.807, 2.05) is 11.3 Å². The Hall–Kier alpha value is -0.275. The molecule has 1 heterocycles. The van der Waals surface area contributed by atoms with Crippen LogP contribution in [0.3, 0.4) is 0 Å². The van der Waals surface area contributed by atoms with Gasteiger partial charge in [0.25, 0.3) is 0 Å². The van der Waals surface area contributed by atoms with Gasteiger partial charge in [-0.3, -0.25) is 0 Å². The Morgan fingerprint density at radius 2 is 2.30 bits per heavy atom. The van der Waals surface area contributed by atoms with Crippen LogP contribution in [0.1, 0.15) is 4.88 Å². The predicted octanol–water partition coefficient (Wildman–Crippen LogP) is 0.0681. The molecule has 54 valence electrons. The van der Waals surface area contributed by atoms with Crippen LogP contribution in [0.25, 0.3) is 0 Å². The quantitative estimate of drug-likeness (QED) is 0.543. The maximum absolute atomic E-state index is 2.24. The van der Waals surface area contributed by atoms with E-state index >= 15 is 0 Å². The standard InChI is InChI=1S/C7H12BNS/c1-9(2)4-7-3-6(8)5-10-7/h3,5H,4,8H2,1-2H3. The minimum atomic E-state index is 1.07. The van der Waals surface area contributed by atoms with E-state index < -0.39 is 0 Å². The summed E-state index contributed by atoms with van der Waals surface area (Å²) in [6.07, 6.45) is 0. The topological polar surface area (TPSA) is 3.24 Å². The summed E-state index contributed by atoms with van der Waals surface area (Å²) < 4.78 is 0. The van der Waals surface area contributed by atoms with E-state index in [1.54, 1.807) is 0 Å². The summed E-state index contributed by atoms with van der Waals surface area (Å²) in [4.78, 5) is 3.63. The molecule has 0 atom stereocenters. The number of hydrogen-bond acceptors (Lipinski definition) is 2. The lowest BCUT2D eigenvalue weighted by molar-refractivity contribution is 0.406. The number of hydrogen-bond donors (Lipinski definition) is 0. The van der Waals surface area contributed by atoms with E-state index in [1.165, 1.54) is 10.3 Å². The van der Waals surface area contributed by atoms with Crippen molar-refractivity contribution in [2.24, 2.45) is 0 Å². The second-order valence-corrected chi connectivity index (χ2v) is 3.82. The Kier molecular flexibility index (Phi) is 2.52. The normalized spacial score (nSPS) is 10.7. The summed E-state index contributed by atoms with van der Waals surface area (Å²) in [7, 11) is 6.32. The van der Waals surface area contributed by atoms with Crippen molar-refractivity contribution < 1.29 is 0 Å². The maximum atomic E-state index is 2.24. The highest BCUT2D eigenvalue weighted by Crippen LogP contribution is 2.07. The third kappa shape index (κ3) is 2.16. The third-order valence-electron chi connectivity index (χ3n) is 1.26. The first kappa shape index (κ1) is 7.83. The number of thiophene rings is 1. The van der Waals surface area contributed by atoms with Crippen molar-refractivity contribution in [2.45, 2.75) is 6.54 Å². The van der Waals surface area contributed by atoms with Crippen LogP contribution in [-0.2, 0) is 6.54 Å². The minimum absolute atomic E-state index is 1.07. The van der Waals surface area contributed by atoms with E-state index in [0.29, 0.717) is 0 Å². The predicted molar refractivity (Wildman–Crippen MR) is 49.9 cm³/mol. The number of nitrogens with zero attached hydrogens (tertiary/aromatic N) is 1. The fourth-order valence-electron chi connectivity index (χ4n) is 0.885. The Morgan fingerprint density at radius 1 is 1.60 bits per heavy atom. The van der Waals surface area contributed by atoms with Gasteiger partial charge in [-0.1, -0.05) is 11.5 Å². The molecule has 0 aliphatic rings. The van der Waals surface area contributed by atoms with Crippen LogP contribution in [0.5, 0.6) is 0 Å². The van der Waals surface area contributed by atoms with Crippen molar-refractivity contribution >= 4 is 24.6 Å². The highest BCUT2D eigenvalue weighted by atomic mass is 32.1. The van der Waals surface area contributed by atoms with Crippen LogP contribution in [0.2, 0.25) is 0 Å². The van der Waals surface area contributed by atoms with Gasteiger partial charge in [0, 0.05) is 11.4 Å². The highest BCUT2D eigenvalue weighted by molar-refractivity contribution is 7.10. The Balaban J connectivity index is 2.58. The van der Waals surface area contributed by atoms with Crippen LogP contribution >= 0.6 is 11.3 Å². The summed E-state index contributed by atoms with van der Waals surface area (Å²) in [6.45, 7) is 1.07. The lowest BCUT2D eigenvalue weighted by atomic mass is 10.0. The zero-order valence-electron chi connectivity index (χ0n) is 6.72. The summed E-state index contributed by atoms with van der Waals surface area (Å²) >= 11 is 1.84. The second-order valence-electron chi connectivity index (χ2n) is 2.83. The summed E-state index contributed by atoms with van der Waals surface area (Å²) in [5.74, 6) is 0. The van der Waals surface area contributed by atoms with Crippen molar-refractivity contribution in [3.8, 4) is 0 Å². The maximum Gasteiger partial charge on any atom is 0.140 e. The van der Waals surface area contributed by atoms with Gasteiger partial charge in [0.2, 0.25) is 0 Å². The number of rotatable bonds is 2. The molecular weight excluding hydrogens is 141 g/mol. The smallest absolute Gasteiger partial charge is 0.140 e. The zero-order valence-corrected chi connectivity index (χ0v) is 7.53. The Bertz CT molecular complexity index is 207. The molecule has 1 rings (SSSR count). The van der Waals surface area contributed by atoms with Gasteiger partial charge in [-0.15, -0.1) is 11.3 Å². The molecule has 1 aromatic rings. The molecule has 1 aromatic heterocycles. The van der Waals surface area contributed by atoms with Crippen molar-refractivity contribution in [1.29, 1.82) is 0 Å². The molecule has 0 N–H and O–H groups in total. The Labute approximate surface area is 67.1 Å². The molecule has 0 amide bonds. The molecule has 0 aromatic carbocycles. The zero-order chi connectivity index (χ0) is 7.56. The largest absolute Gasteiger partial charge is 0.304 e. The van der Waals surface area contributed by atoms with Crippen LogP contribution < -0.4 is 5.46 Å². The van der Waals surface area contributed by atoms with Gasteiger partial charge in [0.05, 0.1) is 0 Å². The van der Waals surface area contributed by atoms with Crippen molar-refractivity contribution in [1.82, 2.24) is 4.90 Å². The molecule has 0 spiro atoms. The summed E-state index contributed by atoms with van der Waals surface area (Å²) in [5.41, 5.74) is 1.38. The molecule has 0 bridgehead atoms. The third-order valence-corrected chi connectivity index (χ3v) is 2.30. The first-order chi connectivity index (χ1) is 4.68. The van der Waals surface area contributed by atoms with E-state index in [0.717, 1.165) is 6.54 Å². The van der Waals surface area contributed by atoms with Gasteiger partial charge >= 0.3 is 0 Å². The minimum Gasteiger partial charge on any atom is -0.304 e. The molecule has 0 aliphatic carbocycles. The molecule has 0 saturated heterocycles. The van der Waals surface area contributed by atoms with Crippen LogP contribution in [0.15, 0.2) is 11.4 Å². The molecule has 0 unspecified atom stereocenters. The monoisotopic (exact) mass is 153 g/mol. The lowest BCUT2D eigenvalue weighted by Crippen LogP contribution is -2.09. The van der Waals surface area contributed by atoms with Crippen LogP contribution in [0, 0.1) is 0 Å². The molecule has 0 aliphatic heterocycles. The average Bonchev–Trinajstić information content (AvgIpc) is 2.13. The highest BCUT2D eigenvalue weighted by Gasteiger charge is 1.96. The van der Waals surface area contributed by atoms with Crippen LogP contribution in [0.4, 0.5) is 0 Å². The fourth-order valence-corrected chi connectivity index (χ4v) is 1.88. The average molecular weight is 153 g/mol. The van der Waals surface area contributed by atoms with E-state index in [9.17, 15) is 0 Å². The van der Waals surface area contributed by atoms with E-state index in [4.69, 9.17) is 0 Å². The molecule has 10 heavy (non-hydrogen) atoms. The fraction of sp³-hybridized carbons (Fsp3) is 0.429. The van der Waals surface area contributed by atoms with E-state index in [2.05, 4.69) is 38.3 Å². The molecule has 3 heteroatoms. The van der Waals surface area contributed by atoms with Gasteiger partial charge in [-0.25, -0.2) is 0 Å². The van der Waals surface area contributed by atoms with Crippen LogP contribution in [-0.4, -0.2) is 26.8 Å².